The fourth-order valence-corrected chi connectivity index (χ4v) is 2.82. The first-order chi connectivity index (χ1) is 7.60. The molecule has 0 spiro atoms. The highest BCUT2D eigenvalue weighted by Gasteiger charge is 2.34. The van der Waals surface area contributed by atoms with Crippen molar-refractivity contribution in [1.29, 1.82) is 0 Å². The summed E-state index contributed by atoms with van der Waals surface area (Å²) < 4.78 is 0. The van der Waals surface area contributed by atoms with Gasteiger partial charge in [-0.1, -0.05) is 84.2 Å². The second-order valence-electron chi connectivity index (χ2n) is 5.22. The molecule has 1 aliphatic carbocycles. The van der Waals surface area contributed by atoms with Gasteiger partial charge in [0.1, 0.15) is 0 Å². The molecule has 2 aromatic carbocycles. The molecule has 3 rings (SSSR count). The van der Waals surface area contributed by atoms with E-state index in [0.717, 1.165) is 0 Å². The molecule has 0 unspecified atom stereocenters. The van der Waals surface area contributed by atoms with Gasteiger partial charge in [0, 0.05) is 5.41 Å². The molecule has 104 valence electrons. The minimum atomic E-state index is 0. The van der Waals surface area contributed by atoms with Crippen LogP contribution in [0.25, 0.3) is 11.1 Å². The van der Waals surface area contributed by atoms with E-state index in [0.29, 0.717) is 0 Å². The highest BCUT2D eigenvalue weighted by molar-refractivity contribution is 5.80. The van der Waals surface area contributed by atoms with Crippen molar-refractivity contribution >= 4 is 0 Å². The Kier molecular flexibility index (Phi) is 5.15. The van der Waals surface area contributed by atoms with Gasteiger partial charge in [0.25, 0.3) is 0 Å². The normalized spacial score (nSPS) is 13.2. The van der Waals surface area contributed by atoms with Gasteiger partial charge in [-0.05, 0) is 29.2 Å². The second-order valence-corrected chi connectivity index (χ2v) is 5.22. The van der Waals surface area contributed by atoms with Gasteiger partial charge in [0.2, 0.25) is 0 Å². The zero-order valence-corrected chi connectivity index (χ0v) is 10.0. The van der Waals surface area contributed by atoms with Crippen molar-refractivity contribution in [3.8, 4) is 11.1 Å². The van der Waals surface area contributed by atoms with Crippen LogP contribution in [0.1, 0.15) is 52.8 Å². The van der Waals surface area contributed by atoms with Gasteiger partial charge >= 0.3 is 0 Å². The Morgan fingerprint density at radius 3 is 2.00 bits per heavy atom. The van der Waals surface area contributed by atoms with Gasteiger partial charge < -0.3 is 0 Å². The third kappa shape index (κ3) is 2.32. The molecule has 0 atom stereocenters. The quantitative estimate of drug-likeness (QED) is 0.525. The highest BCUT2D eigenvalue weighted by Crippen LogP contribution is 2.48. The summed E-state index contributed by atoms with van der Waals surface area (Å²) in [5.41, 5.74) is 7.23. The molecule has 0 N–H and O–H groups in total. The van der Waals surface area contributed by atoms with Crippen LogP contribution in [-0.2, 0) is 5.41 Å². The number of aryl methyl sites for hydroxylation is 1. The molecule has 0 heteroatoms. The number of hydrogen-bond donors (Lipinski definition) is 0. The van der Waals surface area contributed by atoms with Crippen molar-refractivity contribution in [3.63, 3.8) is 0 Å². The fraction of sp³-hybridized carbons (Fsp3) is 0.368. The van der Waals surface area contributed by atoms with Crippen LogP contribution in [0.5, 0.6) is 0 Å². The monoisotopic (exact) mass is 256 g/mol. The Labute approximate surface area is 119 Å². The molecule has 19 heavy (non-hydrogen) atoms. The van der Waals surface area contributed by atoms with Crippen LogP contribution in [0, 0.1) is 6.92 Å². The minimum absolute atomic E-state index is 0. The third-order valence-electron chi connectivity index (χ3n) is 3.74. The van der Waals surface area contributed by atoms with E-state index in [4.69, 9.17) is 0 Å². The number of benzene rings is 2. The Morgan fingerprint density at radius 2 is 1.32 bits per heavy atom. The van der Waals surface area contributed by atoms with E-state index in [-0.39, 0.29) is 27.7 Å². The predicted octanol–water partition coefficient (Wildman–Crippen LogP) is 6.21. The first-order valence-corrected chi connectivity index (χ1v) is 5.82. The van der Waals surface area contributed by atoms with Crippen LogP contribution < -0.4 is 0 Å². The van der Waals surface area contributed by atoms with E-state index >= 15 is 0 Å². The summed E-state index contributed by atoms with van der Waals surface area (Å²) in [6, 6.07) is 15.6. The summed E-state index contributed by atoms with van der Waals surface area (Å²) in [4.78, 5) is 0. The van der Waals surface area contributed by atoms with Crippen molar-refractivity contribution < 1.29 is 0 Å². The number of hydrogen-bond acceptors (Lipinski definition) is 0. The smallest absolute Gasteiger partial charge is 0.0158 e. The first kappa shape index (κ1) is 17.4. The summed E-state index contributed by atoms with van der Waals surface area (Å²) in [6.45, 7) is 6.80. The first-order valence-electron chi connectivity index (χ1n) is 5.82. The van der Waals surface area contributed by atoms with Crippen LogP contribution in [0.4, 0.5) is 0 Å². The molecule has 2 aromatic rings. The van der Waals surface area contributed by atoms with Crippen LogP contribution in [0.3, 0.4) is 0 Å². The molecule has 0 bridgehead atoms. The molecule has 0 saturated heterocycles. The molecule has 0 radical (unpaired) electrons. The van der Waals surface area contributed by atoms with Crippen LogP contribution in [0.2, 0.25) is 0 Å². The van der Waals surface area contributed by atoms with E-state index in [1.807, 2.05) is 0 Å². The molecule has 0 heterocycles. The average molecular weight is 256 g/mol. The lowest BCUT2D eigenvalue weighted by Crippen LogP contribution is -2.14. The maximum Gasteiger partial charge on any atom is 0.0158 e. The zero-order chi connectivity index (χ0) is 11.3. The molecule has 0 saturated carbocycles. The molecular weight excluding hydrogens is 228 g/mol. The Hall–Kier alpha value is -1.56. The van der Waals surface area contributed by atoms with Crippen molar-refractivity contribution in [2.75, 3.05) is 0 Å². The Bertz CT molecular complexity index is 562. The van der Waals surface area contributed by atoms with Crippen LogP contribution >= 0.6 is 0 Å². The third-order valence-corrected chi connectivity index (χ3v) is 3.74. The Balaban J connectivity index is 0.00000108. The van der Waals surface area contributed by atoms with Crippen molar-refractivity contribution in [2.24, 2.45) is 0 Å². The lowest BCUT2D eigenvalue weighted by molar-refractivity contribution is 0.660. The van der Waals surface area contributed by atoms with E-state index in [1.54, 1.807) is 0 Å². The van der Waals surface area contributed by atoms with Gasteiger partial charge in [0.05, 0.1) is 0 Å². The molecular formula is C19H28. The van der Waals surface area contributed by atoms with E-state index in [9.17, 15) is 0 Å². The minimum Gasteiger partial charge on any atom is -0.0776 e. The molecule has 0 amide bonds. The van der Waals surface area contributed by atoms with E-state index in [2.05, 4.69) is 63.2 Å². The molecule has 0 fully saturated rings. The summed E-state index contributed by atoms with van der Waals surface area (Å²) in [5.74, 6) is 0. The summed E-state index contributed by atoms with van der Waals surface area (Å²) in [5, 5.41) is 0. The number of fused-ring (bicyclic) bond motifs is 3. The zero-order valence-electron chi connectivity index (χ0n) is 10.0. The number of rotatable bonds is 0. The van der Waals surface area contributed by atoms with Crippen molar-refractivity contribution in [3.05, 3.63) is 59.2 Å². The average Bonchev–Trinajstić information content (AvgIpc) is 2.49. The van der Waals surface area contributed by atoms with Crippen LogP contribution in [0.15, 0.2) is 42.5 Å². The molecule has 0 aromatic heterocycles. The highest BCUT2D eigenvalue weighted by atomic mass is 14.4. The predicted molar refractivity (Wildman–Crippen MR) is 88.9 cm³/mol. The van der Waals surface area contributed by atoms with Crippen molar-refractivity contribution in [2.45, 2.75) is 48.5 Å². The van der Waals surface area contributed by atoms with E-state index < -0.39 is 0 Å². The van der Waals surface area contributed by atoms with Gasteiger partial charge in [-0.15, -0.1) is 0 Å². The summed E-state index contributed by atoms with van der Waals surface area (Å²) >= 11 is 0. The lowest BCUT2D eigenvalue weighted by atomic mass is 9.82. The SMILES string of the molecule is C.C.C.Cc1ccc2c(c1)C(C)(C)c1ccccc1-2. The van der Waals surface area contributed by atoms with Crippen LogP contribution in [-0.4, -0.2) is 0 Å². The summed E-state index contributed by atoms with van der Waals surface area (Å²) in [7, 11) is 0. The van der Waals surface area contributed by atoms with Gasteiger partial charge in [-0.2, -0.15) is 0 Å². The lowest BCUT2D eigenvalue weighted by Gasteiger charge is -2.21. The maximum absolute atomic E-state index is 2.33. The maximum atomic E-state index is 2.33. The topological polar surface area (TPSA) is 0 Å². The standard InChI is InChI=1S/C16H16.3CH4/c1-11-8-9-13-12-6-4-5-7-14(12)16(2,3)15(13)10-11;;;/h4-10H,1-3H3;3*1H4. The van der Waals surface area contributed by atoms with E-state index in [1.165, 1.54) is 27.8 Å². The summed E-state index contributed by atoms with van der Waals surface area (Å²) in [6.07, 6.45) is 0. The molecule has 1 aliphatic rings. The van der Waals surface area contributed by atoms with Crippen molar-refractivity contribution in [1.82, 2.24) is 0 Å². The largest absolute Gasteiger partial charge is 0.0776 e. The van der Waals surface area contributed by atoms with Gasteiger partial charge in [-0.25, -0.2) is 0 Å². The fourth-order valence-electron chi connectivity index (χ4n) is 2.82. The van der Waals surface area contributed by atoms with Gasteiger partial charge in [0.15, 0.2) is 0 Å². The Morgan fingerprint density at radius 1 is 0.737 bits per heavy atom. The molecule has 0 nitrogen and oxygen atoms in total. The molecule has 0 aliphatic heterocycles. The van der Waals surface area contributed by atoms with Gasteiger partial charge in [-0.3, -0.25) is 0 Å². The second kappa shape index (κ2) is 5.61.